The number of aliphatic hydroxyl groups is 1. The van der Waals surface area contributed by atoms with Crippen molar-refractivity contribution in [3.8, 4) is 6.07 Å². The van der Waals surface area contributed by atoms with Crippen molar-refractivity contribution < 1.29 is 14.6 Å². The topological polar surface area (TPSA) is 94.4 Å². The van der Waals surface area contributed by atoms with Crippen LogP contribution in [0.3, 0.4) is 0 Å². The van der Waals surface area contributed by atoms with E-state index in [4.69, 9.17) is 9.84 Å². The van der Waals surface area contributed by atoms with Crippen molar-refractivity contribution in [3.05, 3.63) is 83.6 Å². The van der Waals surface area contributed by atoms with Crippen molar-refractivity contribution in [2.45, 2.75) is 6.04 Å². The second kappa shape index (κ2) is 11.5. The number of amides is 1. The maximum atomic E-state index is 12.6. The lowest BCUT2D eigenvalue weighted by atomic mass is 9.98. The number of hydrogen-bond acceptors (Lipinski definition) is 5. The van der Waals surface area contributed by atoms with Gasteiger partial charge in [-0.3, -0.25) is 4.79 Å². The molecular formula is C21H23N3O3. The van der Waals surface area contributed by atoms with Gasteiger partial charge in [0.15, 0.2) is 0 Å². The Kier molecular flexibility index (Phi) is 8.57. The van der Waals surface area contributed by atoms with Crippen LogP contribution in [0.4, 0.5) is 0 Å². The minimum Gasteiger partial charge on any atom is -0.394 e. The zero-order valence-electron chi connectivity index (χ0n) is 15.0. The van der Waals surface area contributed by atoms with Gasteiger partial charge in [-0.1, -0.05) is 60.7 Å². The van der Waals surface area contributed by atoms with Crippen LogP contribution in [0, 0.1) is 11.3 Å². The normalized spacial score (nSPS) is 11.1. The minimum atomic E-state index is -0.459. The van der Waals surface area contributed by atoms with Crippen molar-refractivity contribution in [1.82, 2.24) is 10.6 Å². The van der Waals surface area contributed by atoms with E-state index in [1.54, 1.807) is 0 Å². The third-order valence-electron chi connectivity index (χ3n) is 3.78. The third-order valence-corrected chi connectivity index (χ3v) is 3.78. The summed E-state index contributed by atoms with van der Waals surface area (Å²) in [5, 5.41) is 23.8. The standard InChI is InChI=1S/C21H23N3O3/c22-15-19(16-23-11-13-27-14-12-25)21(26)24-20(17-7-3-1-4-8-17)18-9-5-2-6-10-18/h1-10,16,20,23,25H,11-14H2,(H,24,26)/b19-16-. The average molecular weight is 365 g/mol. The Morgan fingerprint density at radius 2 is 1.67 bits per heavy atom. The van der Waals surface area contributed by atoms with E-state index in [0.717, 1.165) is 11.1 Å². The lowest BCUT2D eigenvalue weighted by molar-refractivity contribution is -0.117. The fourth-order valence-electron chi connectivity index (χ4n) is 2.48. The van der Waals surface area contributed by atoms with Gasteiger partial charge in [-0.2, -0.15) is 5.26 Å². The summed E-state index contributed by atoms with van der Waals surface area (Å²) >= 11 is 0. The molecule has 0 bridgehead atoms. The number of carbonyl (C=O) groups is 1. The van der Waals surface area contributed by atoms with Crippen molar-refractivity contribution in [2.24, 2.45) is 0 Å². The highest BCUT2D eigenvalue weighted by atomic mass is 16.5. The number of nitriles is 1. The van der Waals surface area contributed by atoms with Gasteiger partial charge in [0.2, 0.25) is 0 Å². The first-order chi connectivity index (χ1) is 13.3. The largest absolute Gasteiger partial charge is 0.394 e. The molecule has 0 heterocycles. The second-order valence-electron chi connectivity index (χ2n) is 5.69. The predicted molar refractivity (Wildman–Crippen MR) is 102 cm³/mol. The van der Waals surface area contributed by atoms with Crippen LogP contribution in [0.5, 0.6) is 0 Å². The van der Waals surface area contributed by atoms with E-state index in [0.29, 0.717) is 13.2 Å². The van der Waals surface area contributed by atoms with Gasteiger partial charge in [0.25, 0.3) is 5.91 Å². The summed E-state index contributed by atoms with van der Waals surface area (Å²) in [5.41, 5.74) is 1.84. The number of nitrogens with zero attached hydrogens (tertiary/aromatic N) is 1. The zero-order chi connectivity index (χ0) is 19.3. The van der Waals surface area contributed by atoms with Gasteiger partial charge in [-0.25, -0.2) is 0 Å². The monoisotopic (exact) mass is 365 g/mol. The van der Waals surface area contributed by atoms with Gasteiger partial charge < -0.3 is 20.5 Å². The molecule has 0 atom stereocenters. The zero-order valence-corrected chi connectivity index (χ0v) is 15.0. The number of rotatable bonds is 10. The van der Waals surface area contributed by atoms with Crippen molar-refractivity contribution in [1.29, 1.82) is 5.26 Å². The first-order valence-electron chi connectivity index (χ1n) is 8.69. The smallest absolute Gasteiger partial charge is 0.264 e. The second-order valence-corrected chi connectivity index (χ2v) is 5.69. The summed E-state index contributed by atoms with van der Waals surface area (Å²) in [4.78, 5) is 12.6. The van der Waals surface area contributed by atoms with Crippen LogP contribution in [-0.4, -0.2) is 37.4 Å². The highest BCUT2D eigenvalue weighted by Gasteiger charge is 2.18. The molecule has 3 N–H and O–H groups in total. The number of ether oxygens (including phenoxy) is 1. The van der Waals surface area contributed by atoms with Gasteiger partial charge >= 0.3 is 0 Å². The van der Waals surface area contributed by atoms with Crippen LogP contribution in [0.25, 0.3) is 0 Å². The highest BCUT2D eigenvalue weighted by Crippen LogP contribution is 2.22. The molecule has 0 aromatic heterocycles. The van der Waals surface area contributed by atoms with Gasteiger partial charge in [-0.05, 0) is 11.1 Å². The predicted octanol–water partition coefficient (Wildman–Crippen LogP) is 1.90. The maximum absolute atomic E-state index is 12.6. The van der Waals surface area contributed by atoms with E-state index in [1.165, 1.54) is 6.20 Å². The summed E-state index contributed by atoms with van der Waals surface area (Å²) in [6, 6.07) is 20.8. The minimum absolute atomic E-state index is 0.0194. The Bertz CT molecular complexity index is 731. The summed E-state index contributed by atoms with van der Waals surface area (Å²) in [6.07, 6.45) is 1.38. The number of benzene rings is 2. The van der Waals surface area contributed by atoms with Crippen LogP contribution in [0.15, 0.2) is 72.4 Å². The van der Waals surface area contributed by atoms with Gasteiger partial charge in [-0.15, -0.1) is 0 Å². The van der Waals surface area contributed by atoms with E-state index in [1.807, 2.05) is 66.7 Å². The van der Waals surface area contributed by atoms with E-state index in [-0.39, 0.29) is 24.8 Å². The van der Waals surface area contributed by atoms with Crippen molar-refractivity contribution >= 4 is 5.91 Å². The molecule has 0 fully saturated rings. The molecule has 0 unspecified atom stereocenters. The fraction of sp³-hybridized carbons (Fsp3) is 0.238. The molecule has 0 saturated carbocycles. The van der Waals surface area contributed by atoms with Crippen LogP contribution in [-0.2, 0) is 9.53 Å². The molecule has 0 aliphatic heterocycles. The molecule has 0 aliphatic rings. The molecule has 6 heteroatoms. The number of aliphatic hydroxyl groups excluding tert-OH is 1. The number of carbonyl (C=O) groups excluding carboxylic acids is 1. The van der Waals surface area contributed by atoms with E-state index in [9.17, 15) is 10.1 Å². The highest BCUT2D eigenvalue weighted by molar-refractivity contribution is 5.97. The lowest BCUT2D eigenvalue weighted by Crippen LogP contribution is -2.31. The number of nitrogens with one attached hydrogen (secondary N) is 2. The van der Waals surface area contributed by atoms with Crippen LogP contribution in [0.1, 0.15) is 17.2 Å². The van der Waals surface area contributed by atoms with Gasteiger partial charge in [0.05, 0.1) is 25.9 Å². The first kappa shape index (κ1) is 20.2. The SMILES string of the molecule is N#C/C(=C/NCCOCCO)C(=O)NC(c1ccccc1)c1ccccc1. The summed E-state index contributed by atoms with van der Waals surface area (Å²) in [7, 11) is 0. The quantitative estimate of drug-likeness (QED) is 0.340. The molecule has 2 aromatic rings. The Morgan fingerprint density at radius 3 is 2.19 bits per heavy atom. The summed E-state index contributed by atoms with van der Waals surface area (Å²) in [6.45, 7) is 1.02. The molecule has 1 amide bonds. The van der Waals surface area contributed by atoms with Gasteiger partial charge in [0.1, 0.15) is 11.6 Å². The molecule has 0 aliphatic carbocycles. The third kappa shape index (κ3) is 6.59. The van der Waals surface area contributed by atoms with Gasteiger partial charge in [0, 0.05) is 12.7 Å². The first-order valence-corrected chi connectivity index (χ1v) is 8.69. The molecule has 0 spiro atoms. The Morgan fingerprint density at radius 1 is 1.07 bits per heavy atom. The molecule has 6 nitrogen and oxygen atoms in total. The molecule has 2 aromatic carbocycles. The summed E-state index contributed by atoms with van der Waals surface area (Å²) < 4.78 is 5.11. The van der Waals surface area contributed by atoms with E-state index >= 15 is 0 Å². The lowest BCUT2D eigenvalue weighted by Gasteiger charge is -2.19. The van der Waals surface area contributed by atoms with Crippen molar-refractivity contribution in [2.75, 3.05) is 26.4 Å². The fourth-order valence-corrected chi connectivity index (χ4v) is 2.48. The van der Waals surface area contributed by atoms with Crippen LogP contribution < -0.4 is 10.6 Å². The van der Waals surface area contributed by atoms with Crippen molar-refractivity contribution in [3.63, 3.8) is 0 Å². The van der Waals surface area contributed by atoms with E-state index < -0.39 is 5.91 Å². The Hall–Kier alpha value is -3.14. The molecule has 27 heavy (non-hydrogen) atoms. The summed E-state index contributed by atoms with van der Waals surface area (Å²) in [5.74, 6) is -0.459. The molecule has 0 radical (unpaired) electrons. The Balaban J connectivity index is 2.07. The molecule has 2 rings (SSSR count). The molecule has 0 saturated heterocycles. The van der Waals surface area contributed by atoms with E-state index in [2.05, 4.69) is 10.6 Å². The molecular weight excluding hydrogens is 342 g/mol. The maximum Gasteiger partial charge on any atom is 0.264 e. The van der Waals surface area contributed by atoms with Crippen LogP contribution >= 0.6 is 0 Å². The van der Waals surface area contributed by atoms with Crippen LogP contribution in [0.2, 0.25) is 0 Å². The Labute approximate surface area is 159 Å². The molecule has 140 valence electrons. The average Bonchev–Trinajstić information content (AvgIpc) is 2.72. The number of hydrogen-bond donors (Lipinski definition) is 3.